The van der Waals surface area contributed by atoms with Gasteiger partial charge in [-0.1, -0.05) is 41.4 Å². The van der Waals surface area contributed by atoms with E-state index < -0.39 is 0 Å². The Balaban J connectivity index is 1.50. The summed E-state index contributed by atoms with van der Waals surface area (Å²) >= 11 is 5.94. The zero-order chi connectivity index (χ0) is 18.8. The summed E-state index contributed by atoms with van der Waals surface area (Å²) in [6.45, 7) is 5.01. The Morgan fingerprint density at radius 1 is 1.15 bits per heavy atom. The zero-order valence-corrected chi connectivity index (χ0v) is 16.1. The number of aromatic amines is 1. The number of aryl methyl sites for hydroxylation is 1. The minimum absolute atomic E-state index is 0.206. The molecule has 1 unspecified atom stereocenters. The van der Waals surface area contributed by atoms with Crippen LogP contribution in [0.15, 0.2) is 53.3 Å². The average Bonchev–Trinajstić information content (AvgIpc) is 3.06. The summed E-state index contributed by atoms with van der Waals surface area (Å²) in [5.41, 5.74) is 3.12. The quantitative estimate of drug-likeness (QED) is 0.744. The van der Waals surface area contributed by atoms with Crippen LogP contribution in [0.1, 0.15) is 35.7 Å². The first-order chi connectivity index (χ1) is 13.1. The van der Waals surface area contributed by atoms with Crippen molar-refractivity contribution >= 4 is 11.6 Å². The highest BCUT2D eigenvalue weighted by atomic mass is 35.5. The van der Waals surface area contributed by atoms with Crippen LogP contribution >= 0.6 is 11.6 Å². The number of hydrogen-bond donors (Lipinski definition) is 1. The van der Waals surface area contributed by atoms with E-state index in [4.69, 9.17) is 11.6 Å². The molecule has 1 aromatic heterocycles. The summed E-state index contributed by atoms with van der Waals surface area (Å²) in [5.74, 6) is 1.01. The van der Waals surface area contributed by atoms with Gasteiger partial charge in [-0.3, -0.25) is 9.88 Å². The Hall–Kier alpha value is -2.37. The van der Waals surface area contributed by atoms with Crippen LogP contribution in [0.4, 0.5) is 0 Å². The highest BCUT2D eigenvalue weighted by Crippen LogP contribution is 2.25. The van der Waals surface area contributed by atoms with Gasteiger partial charge in [-0.15, -0.1) is 5.10 Å². The Labute approximate surface area is 163 Å². The van der Waals surface area contributed by atoms with E-state index >= 15 is 0 Å². The third kappa shape index (κ3) is 4.15. The average molecular weight is 383 g/mol. The van der Waals surface area contributed by atoms with E-state index in [-0.39, 0.29) is 11.6 Å². The number of likely N-dealkylation sites (tertiary alicyclic amines) is 1. The van der Waals surface area contributed by atoms with Crippen LogP contribution in [0.2, 0.25) is 5.02 Å². The molecule has 0 radical (unpaired) electrons. The van der Waals surface area contributed by atoms with Gasteiger partial charge in [0, 0.05) is 24.0 Å². The van der Waals surface area contributed by atoms with E-state index in [9.17, 15) is 4.79 Å². The van der Waals surface area contributed by atoms with Crippen molar-refractivity contribution in [2.45, 2.75) is 32.2 Å². The van der Waals surface area contributed by atoms with Gasteiger partial charge in [0.1, 0.15) is 5.82 Å². The van der Waals surface area contributed by atoms with Crippen molar-refractivity contribution < 1.29 is 0 Å². The van der Waals surface area contributed by atoms with Crippen LogP contribution in [0.25, 0.3) is 5.69 Å². The number of H-pyrrole nitrogens is 1. The molecule has 0 amide bonds. The smallest absolute Gasteiger partial charge is 0.298 e. The lowest BCUT2D eigenvalue weighted by Crippen LogP contribution is -2.34. The summed E-state index contributed by atoms with van der Waals surface area (Å²) < 4.78 is 1.42. The maximum absolute atomic E-state index is 12.4. The number of aromatic nitrogens is 3. The Morgan fingerprint density at radius 3 is 2.63 bits per heavy atom. The highest BCUT2D eigenvalue weighted by Gasteiger charge is 2.25. The molecule has 5 nitrogen and oxygen atoms in total. The molecule has 1 aliphatic rings. The van der Waals surface area contributed by atoms with Gasteiger partial charge >= 0.3 is 5.69 Å². The fourth-order valence-electron chi connectivity index (χ4n) is 3.66. The first-order valence-electron chi connectivity index (χ1n) is 9.31. The lowest BCUT2D eigenvalue weighted by atomic mass is 9.97. The van der Waals surface area contributed by atoms with Crippen molar-refractivity contribution in [3.05, 3.63) is 81.0 Å². The van der Waals surface area contributed by atoms with Crippen LogP contribution in [0.3, 0.4) is 0 Å². The number of piperidine rings is 1. The molecule has 4 rings (SSSR count). The first-order valence-corrected chi connectivity index (χ1v) is 9.69. The van der Waals surface area contributed by atoms with Crippen LogP contribution in [-0.4, -0.2) is 32.8 Å². The normalized spacial score (nSPS) is 17.9. The van der Waals surface area contributed by atoms with Crippen molar-refractivity contribution in [2.24, 2.45) is 0 Å². The lowest BCUT2D eigenvalue weighted by molar-refractivity contribution is 0.196. The van der Waals surface area contributed by atoms with Crippen molar-refractivity contribution in [1.82, 2.24) is 19.7 Å². The van der Waals surface area contributed by atoms with E-state index in [0.29, 0.717) is 5.02 Å². The number of nitrogens with one attached hydrogen (secondary N) is 1. The molecule has 140 valence electrons. The maximum Gasteiger partial charge on any atom is 0.348 e. The minimum Gasteiger partial charge on any atom is -0.298 e. The molecule has 1 saturated heterocycles. The predicted molar refractivity (Wildman–Crippen MR) is 108 cm³/mol. The molecule has 2 heterocycles. The van der Waals surface area contributed by atoms with Gasteiger partial charge in [0.25, 0.3) is 0 Å². The fourth-order valence-corrected chi connectivity index (χ4v) is 3.78. The number of nitrogens with zero attached hydrogens (tertiary/aromatic N) is 3. The van der Waals surface area contributed by atoms with E-state index in [1.54, 1.807) is 24.3 Å². The van der Waals surface area contributed by atoms with Crippen molar-refractivity contribution in [3.8, 4) is 5.69 Å². The molecular weight excluding hydrogens is 360 g/mol. The molecule has 1 atom stereocenters. The summed E-state index contributed by atoms with van der Waals surface area (Å²) in [5, 5.41) is 5.21. The second-order valence-electron chi connectivity index (χ2n) is 7.26. The monoisotopic (exact) mass is 382 g/mol. The van der Waals surface area contributed by atoms with Gasteiger partial charge in [-0.05, 0) is 56.1 Å². The van der Waals surface area contributed by atoms with Gasteiger partial charge in [0.05, 0.1) is 5.69 Å². The number of hydrogen-bond acceptors (Lipinski definition) is 3. The molecule has 2 aromatic carbocycles. The van der Waals surface area contributed by atoms with Crippen molar-refractivity contribution in [2.75, 3.05) is 13.1 Å². The Kier molecular flexibility index (Phi) is 5.14. The van der Waals surface area contributed by atoms with E-state index in [0.717, 1.165) is 44.0 Å². The van der Waals surface area contributed by atoms with E-state index in [2.05, 4.69) is 46.2 Å². The molecule has 1 fully saturated rings. The van der Waals surface area contributed by atoms with Gasteiger partial charge in [0.15, 0.2) is 0 Å². The van der Waals surface area contributed by atoms with Crippen molar-refractivity contribution in [1.29, 1.82) is 0 Å². The zero-order valence-electron chi connectivity index (χ0n) is 15.4. The second-order valence-corrected chi connectivity index (χ2v) is 7.70. The van der Waals surface area contributed by atoms with Crippen LogP contribution < -0.4 is 5.69 Å². The number of benzene rings is 2. The van der Waals surface area contributed by atoms with Gasteiger partial charge < -0.3 is 0 Å². The fraction of sp³-hybridized carbons (Fsp3) is 0.333. The molecule has 27 heavy (non-hydrogen) atoms. The largest absolute Gasteiger partial charge is 0.348 e. The summed E-state index contributed by atoms with van der Waals surface area (Å²) in [6.07, 6.45) is 2.14. The van der Waals surface area contributed by atoms with E-state index in [1.165, 1.54) is 15.8 Å². The SMILES string of the molecule is Cc1ccc(CN2CCCC(c3nn(-c4ccc(Cl)cc4)c(=O)[nH]3)C2)cc1. The molecule has 0 saturated carbocycles. The van der Waals surface area contributed by atoms with Gasteiger partial charge in [0.2, 0.25) is 0 Å². The number of halogens is 1. The maximum atomic E-state index is 12.4. The molecular formula is C21H23ClN4O. The summed E-state index contributed by atoms with van der Waals surface area (Å²) in [4.78, 5) is 17.8. The highest BCUT2D eigenvalue weighted by molar-refractivity contribution is 6.30. The van der Waals surface area contributed by atoms with E-state index in [1.807, 2.05) is 0 Å². The minimum atomic E-state index is -0.206. The third-order valence-corrected chi connectivity index (χ3v) is 5.38. The predicted octanol–water partition coefficient (Wildman–Crippen LogP) is 3.90. The topological polar surface area (TPSA) is 53.9 Å². The second kappa shape index (κ2) is 7.71. The standard InChI is InChI=1S/C21H23ClN4O/c1-15-4-6-16(7-5-15)13-25-12-2-3-17(14-25)20-23-21(27)26(24-20)19-10-8-18(22)9-11-19/h4-11,17H,2-3,12-14H2,1H3,(H,23,24,27). The number of rotatable bonds is 4. The molecule has 3 aromatic rings. The van der Waals surface area contributed by atoms with Crippen molar-refractivity contribution in [3.63, 3.8) is 0 Å². The molecule has 0 spiro atoms. The van der Waals surface area contributed by atoms with Crippen LogP contribution in [-0.2, 0) is 6.54 Å². The van der Waals surface area contributed by atoms with Gasteiger partial charge in [-0.2, -0.15) is 4.68 Å². The summed E-state index contributed by atoms with van der Waals surface area (Å²) in [7, 11) is 0. The lowest BCUT2D eigenvalue weighted by Gasteiger charge is -2.31. The first kappa shape index (κ1) is 18.0. The van der Waals surface area contributed by atoms with Gasteiger partial charge in [-0.25, -0.2) is 4.79 Å². The van der Waals surface area contributed by atoms with Crippen LogP contribution in [0, 0.1) is 6.92 Å². The Morgan fingerprint density at radius 2 is 1.89 bits per heavy atom. The third-order valence-electron chi connectivity index (χ3n) is 5.13. The Bertz CT molecular complexity index is 959. The molecule has 6 heteroatoms. The van der Waals surface area contributed by atoms with Crippen LogP contribution in [0.5, 0.6) is 0 Å². The summed E-state index contributed by atoms with van der Waals surface area (Å²) in [6, 6.07) is 15.8. The molecule has 0 bridgehead atoms. The molecule has 0 aliphatic carbocycles. The molecule has 1 aliphatic heterocycles. The molecule has 1 N–H and O–H groups in total.